The quantitative estimate of drug-likeness (QED) is 0.875. The number of H-pyrrole nitrogens is 1. The van der Waals surface area contributed by atoms with Gasteiger partial charge in [0, 0.05) is 38.3 Å². The van der Waals surface area contributed by atoms with E-state index >= 15 is 0 Å². The van der Waals surface area contributed by atoms with Gasteiger partial charge in [-0.05, 0) is 6.54 Å². The van der Waals surface area contributed by atoms with Crippen LogP contribution in [0.15, 0.2) is 22.8 Å². The largest absolute Gasteiger partial charge is 0.463 e. The van der Waals surface area contributed by atoms with Gasteiger partial charge in [-0.2, -0.15) is 0 Å². The monoisotopic (exact) mass is 247 g/mol. The smallest absolute Gasteiger partial charge is 0.270 e. The fraction of sp³-hybridized carbons (Fsp3) is 0.462. The van der Waals surface area contributed by atoms with Crippen molar-refractivity contribution in [3.05, 3.63) is 24.1 Å². The summed E-state index contributed by atoms with van der Waals surface area (Å²) in [5.41, 5.74) is 2.24. The second-order valence-electron chi connectivity index (χ2n) is 4.61. The predicted molar refractivity (Wildman–Crippen MR) is 68.6 cm³/mol. The number of piperazine rings is 1. The molecule has 0 aromatic carbocycles. The molecule has 2 aromatic rings. The molecule has 5 nitrogen and oxygen atoms in total. The molecule has 0 spiro atoms. The summed E-state index contributed by atoms with van der Waals surface area (Å²) in [7, 11) is 0. The Balaban J connectivity index is 1.73. The van der Waals surface area contributed by atoms with E-state index in [2.05, 4.69) is 16.8 Å². The second-order valence-corrected chi connectivity index (χ2v) is 4.61. The minimum Gasteiger partial charge on any atom is -0.463 e. The van der Waals surface area contributed by atoms with E-state index in [1.54, 1.807) is 12.3 Å². The summed E-state index contributed by atoms with van der Waals surface area (Å²) < 4.78 is 5.26. The van der Waals surface area contributed by atoms with E-state index in [4.69, 9.17) is 4.42 Å². The summed E-state index contributed by atoms with van der Waals surface area (Å²) in [6.07, 6.45) is 1.62. The highest BCUT2D eigenvalue weighted by atomic mass is 16.3. The normalized spacial score (nSPS) is 17.5. The Hall–Kier alpha value is -1.75. The zero-order valence-electron chi connectivity index (χ0n) is 10.5. The van der Waals surface area contributed by atoms with Crippen molar-refractivity contribution in [2.24, 2.45) is 0 Å². The molecule has 0 saturated carbocycles. The molecule has 1 amide bonds. The van der Waals surface area contributed by atoms with Gasteiger partial charge in [-0.15, -0.1) is 0 Å². The molecule has 1 saturated heterocycles. The van der Waals surface area contributed by atoms with Crippen molar-refractivity contribution in [2.75, 3.05) is 32.7 Å². The highest BCUT2D eigenvalue weighted by Gasteiger charge is 2.22. The van der Waals surface area contributed by atoms with E-state index in [9.17, 15) is 4.79 Å². The third-order valence-corrected chi connectivity index (χ3v) is 3.58. The molecule has 0 bridgehead atoms. The number of nitrogens with zero attached hydrogens (tertiary/aromatic N) is 2. The van der Waals surface area contributed by atoms with Crippen LogP contribution in [0.1, 0.15) is 17.4 Å². The van der Waals surface area contributed by atoms with Crippen molar-refractivity contribution in [1.29, 1.82) is 0 Å². The van der Waals surface area contributed by atoms with E-state index in [0.29, 0.717) is 5.69 Å². The van der Waals surface area contributed by atoms with Gasteiger partial charge in [0.05, 0.1) is 11.8 Å². The zero-order chi connectivity index (χ0) is 12.5. The van der Waals surface area contributed by atoms with Crippen molar-refractivity contribution >= 4 is 17.0 Å². The minimum atomic E-state index is 0.0668. The van der Waals surface area contributed by atoms with Crippen LogP contribution < -0.4 is 0 Å². The number of likely N-dealkylation sites (N-methyl/N-ethyl adjacent to an activating group) is 1. The van der Waals surface area contributed by atoms with Crippen LogP contribution >= 0.6 is 0 Å². The topological polar surface area (TPSA) is 52.5 Å². The molecule has 1 fully saturated rings. The average Bonchev–Trinajstić information content (AvgIpc) is 2.99. The number of carbonyl (C=O) groups is 1. The highest BCUT2D eigenvalue weighted by molar-refractivity contribution is 5.96. The third-order valence-electron chi connectivity index (χ3n) is 3.58. The van der Waals surface area contributed by atoms with E-state index in [1.807, 2.05) is 11.0 Å². The molecule has 96 valence electrons. The molecule has 0 atom stereocenters. The van der Waals surface area contributed by atoms with Crippen molar-refractivity contribution in [1.82, 2.24) is 14.8 Å². The SMILES string of the molecule is CCN1CCN(C(=O)c2cc3occc3[nH]2)CC1. The number of amides is 1. The first kappa shape index (κ1) is 11.3. The summed E-state index contributed by atoms with van der Waals surface area (Å²) in [5, 5.41) is 0. The first-order valence-corrected chi connectivity index (χ1v) is 6.36. The lowest BCUT2D eigenvalue weighted by Crippen LogP contribution is -2.48. The minimum absolute atomic E-state index is 0.0668. The van der Waals surface area contributed by atoms with Crippen molar-refractivity contribution in [3.8, 4) is 0 Å². The number of rotatable bonds is 2. The van der Waals surface area contributed by atoms with Crippen LogP contribution in [0.3, 0.4) is 0 Å². The lowest BCUT2D eigenvalue weighted by atomic mass is 10.3. The lowest BCUT2D eigenvalue weighted by Gasteiger charge is -2.33. The van der Waals surface area contributed by atoms with Crippen LogP contribution in [0, 0.1) is 0 Å². The van der Waals surface area contributed by atoms with Crippen LogP contribution in [0.2, 0.25) is 0 Å². The molecular formula is C13H17N3O2. The fourth-order valence-electron chi connectivity index (χ4n) is 2.40. The number of aromatic nitrogens is 1. The van der Waals surface area contributed by atoms with Crippen molar-refractivity contribution in [3.63, 3.8) is 0 Å². The summed E-state index contributed by atoms with van der Waals surface area (Å²) in [6, 6.07) is 3.62. The predicted octanol–water partition coefficient (Wildman–Crippen LogP) is 1.54. The number of hydrogen-bond acceptors (Lipinski definition) is 3. The standard InChI is InChI=1S/C13H17N3O2/c1-2-15-4-6-16(7-5-15)13(17)11-9-12-10(14-11)3-8-18-12/h3,8-9,14H,2,4-7H2,1H3. The van der Waals surface area contributed by atoms with Crippen LogP contribution in [0.4, 0.5) is 0 Å². The van der Waals surface area contributed by atoms with Gasteiger partial charge < -0.3 is 19.2 Å². The molecule has 18 heavy (non-hydrogen) atoms. The number of aromatic amines is 1. The fourth-order valence-corrected chi connectivity index (χ4v) is 2.40. The molecule has 5 heteroatoms. The molecule has 0 radical (unpaired) electrons. The number of hydrogen-bond donors (Lipinski definition) is 1. The van der Waals surface area contributed by atoms with E-state index in [-0.39, 0.29) is 5.91 Å². The van der Waals surface area contributed by atoms with Crippen molar-refractivity contribution < 1.29 is 9.21 Å². The molecule has 1 aliphatic heterocycles. The molecule has 3 rings (SSSR count). The van der Waals surface area contributed by atoms with Crippen LogP contribution in [0.5, 0.6) is 0 Å². The van der Waals surface area contributed by atoms with E-state index < -0.39 is 0 Å². The Bertz CT molecular complexity index is 521. The Labute approximate surface area is 105 Å². The maximum absolute atomic E-state index is 12.3. The van der Waals surface area contributed by atoms with Gasteiger partial charge in [0.25, 0.3) is 5.91 Å². The average molecular weight is 247 g/mol. The van der Waals surface area contributed by atoms with Gasteiger partial charge in [-0.25, -0.2) is 0 Å². The number of furan rings is 1. The highest BCUT2D eigenvalue weighted by Crippen LogP contribution is 2.17. The second kappa shape index (κ2) is 4.49. The Morgan fingerprint density at radius 1 is 1.39 bits per heavy atom. The van der Waals surface area contributed by atoms with E-state index in [1.165, 1.54) is 0 Å². The Morgan fingerprint density at radius 2 is 2.17 bits per heavy atom. The van der Waals surface area contributed by atoms with Crippen LogP contribution in [-0.4, -0.2) is 53.4 Å². The summed E-state index contributed by atoms with van der Waals surface area (Å²) >= 11 is 0. The van der Waals surface area contributed by atoms with Gasteiger partial charge in [-0.3, -0.25) is 4.79 Å². The third kappa shape index (κ3) is 1.90. The number of fused-ring (bicyclic) bond motifs is 1. The first-order chi connectivity index (χ1) is 8.78. The summed E-state index contributed by atoms with van der Waals surface area (Å²) in [6.45, 7) is 6.71. The van der Waals surface area contributed by atoms with Gasteiger partial charge >= 0.3 is 0 Å². The molecule has 1 aliphatic rings. The van der Waals surface area contributed by atoms with Crippen LogP contribution in [-0.2, 0) is 0 Å². The van der Waals surface area contributed by atoms with Gasteiger partial charge in [0.1, 0.15) is 5.69 Å². The zero-order valence-corrected chi connectivity index (χ0v) is 10.5. The van der Waals surface area contributed by atoms with E-state index in [0.717, 1.165) is 43.8 Å². The molecule has 1 N–H and O–H groups in total. The number of nitrogens with one attached hydrogen (secondary N) is 1. The lowest BCUT2D eigenvalue weighted by molar-refractivity contribution is 0.0638. The summed E-state index contributed by atoms with van der Waals surface area (Å²) in [5.74, 6) is 0.0668. The molecular weight excluding hydrogens is 230 g/mol. The van der Waals surface area contributed by atoms with Gasteiger partial charge in [0.15, 0.2) is 5.58 Å². The van der Waals surface area contributed by atoms with Gasteiger partial charge in [0.2, 0.25) is 0 Å². The number of carbonyl (C=O) groups excluding carboxylic acids is 1. The maximum atomic E-state index is 12.3. The first-order valence-electron chi connectivity index (χ1n) is 6.36. The van der Waals surface area contributed by atoms with Crippen LogP contribution in [0.25, 0.3) is 11.1 Å². The van der Waals surface area contributed by atoms with Crippen molar-refractivity contribution in [2.45, 2.75) is 6.92 Å². The maximum Gasteiger partial charge on any atom is 0.270 e. The molecule has 0 unspecified atom stereocenters. The Kier molecular flexibility index (Phi) is 2.83. The molecule has 0 aliphatic carbocycles. The molecule has 3 heterocycles. The van der Waals surface area contributed by atoms with Gasteiger partial charge in [-0.1, -0.05) is 6.92 Å². The Morgan fingerprint density at radius 3 is 2.83 bits per heavy atom. The molecule has 2 aromatic heterocycles. The summed E-state index contributed by atoms with van der Waals surface area (Å²) in [4.78, 5) is 19.6.